The molecule has 0 N–H and O–H groups in total. The maximum absolute atomic E-state index is 12.6. The first-order valence-electron chi connectivity index (χ1n) is 8.79. The van der Waals surface area contributed by atoms with Crippen LogP contribution in [0.15, 0.2) is 18.2 Å². The molecule has 0 radical (unpaired) electrons. The fourth-order valence-corrected chi connectivity index (χ4v) is 2.26. The maximum Gasteiger partial charge on any atom is 0.420 e. The van der Waals surface area contributed by atoms with Gasteiger partial charge in [0.25, 0.3) is 5.69 Å². The van der Waals surface area contributed by atoms with Gasteiger partial charge in [0.15, 0.2) is 0 Å². The second-order valence-electron chi connectivity index (χ2n) is 8.51. The van der Waals surface area contributed by atoms with Crippen LogP contribution in [0, 0.1) is 10.1 Å². The third-order valence-corrected chi connectivity index (χ3v) is 3.31. The fraction of sp³-hybridized carbons (Fsp3) is 0.579. The van der Waals surface area contributed by atoms with Gasteiger partial charge in [0.05, 0.1) is 11.5 Å². The molecule has 28 heavy (non-hydrogen) atoms. The Morgan fingerprint density at radius 1 is 1.00 bits per heavy atom. The van der Waals surface area contributed by atoms with Crippen molar-refractivity contribution in [1.29, 1.82) is 0 Å². The van der Waals surface area contributed by atoms with E-state index in [9.17, 15) is 19.7 Å². The van der Waals surface area contributed by atoms with Gasteiger partial charge in [0, 0.05) is 37.5 Å². The second-order valence-corrected chi connectivity index (χ2v) is 8.51. The summed E-state index contributed by atoms with van der Waals surface area (Å²) in [6.07, 6.45) is -1.78. The van der Waals surface area contributed by atoms with Gasteiger partial charge in [-0.15, -0.1) is 0 Å². The minimum absolute atomic E-state index is 0.145. The molecule has 0 saturated heterocycles. The van der Waals surface area contributed by atoms with Crippen molar-refractivity contribution in [3.63, 3.8) is 0 Å². The quantitative estimate of drug-likeness (QED) is 0.552. The van der Waals surface area contributed by atoms with Gasteiger partial charge in [-0.3, -0.25) is 10.1 Å². The Balaban J connectivity index is 3.35. The Morgan fingerprint density at radius 2 is 1.46 bits per heavy atom. The molecule has 0 bridgehead atoms. The number of nitrogens with zero attached hydrogens (tertiary/aromatic N) is 3. The van der Waals surface area contributed by atoms with Gasteiger partial charge in [0.1, 0.15) is 11.2 Å². The molecule has 0 aliphatic carbocycles. The van der Waals surface area contributed by atoms with E-state index in [4.69, 9.17) is 9.47 Å². The molecule has 0 atom stereocenters. The first kappa shape index (κ1) is 23.2. The Kier molecular flexibility index (Phi) is 7.00. The summed E-state index contributed by atoms with van der Waals surface area (Å²) in [6.45, 7) is 9.83. The number of non-ortho nitro benzene ring substituents is 1. The number of nitro benzene ring substituents is 1. The smallest absolute Gasteiger partial charge is 0.420 e. The standard InChI is InChI=1S/C19H29N3O6/c1-18(2,3)27-16(23)21(17(24)28-19(4,5)6)12-13-11-14(22(25)26)9-10-15(13)20(7)8/h9-11H,12H2,1-8H3. The maximum atomic E-state index is 12.6. The largest absolute Gasteiger partial charge is 0.443 e. The molecule has 1 rings (SSSR count). The number of nitro groups is 1. The summed E-state index contributed by atoms with van der Waals surface area (Å²) in [7, 11) is 3.52. The van der Waals surface area contributed by atoms with E-state index in [1.807, 2.05) is 0 Å². The third-order valence-electron chi connectivity index (χ3n) is 3.31. The van der Waals surface area contributed by atoms with Crippen molar-refractivity contribution >= 4 is 23.6 Å². The van der Waals surface area contributed by atoms with E-state index in [1.54, 1.807) is 66.6 Å². The Morgan fingerprint density at radius 3 is 1.82 bits per heavy atom. The number of rotatable bonds is 4. The van der Waals surface area contributed by atoms with Crippen LogP contribution in [0.4, 0.5) is 21.0 Å². The van der Waals surface area contributed by atoms with Crippen LogP contribution in [0.1, 0.15) is 47.1 Å². The molecule has 9 heteroatoms. The van der Waals surface area contributed by atoms with E-state index in [1.165, 1.54) is 12.1 Å². The predicted molar refractivity (Wildman–Crippen MR) is 105 cm³/mol. The number of carbonyl (C=O) groups is 2. The van der Waals surface area contributed by atoms with Gasteiger partial charge in [-0.1, -0.05) is 0 Å². The van der Waals surface area contributed by atoms with Gasteiger partial charge < -0.3 is 14.4 Å². The van der Waals surface area contributed by atoms with Crippen LogP contribution in [-0.2, 0) is 16.0 Å². The summed E-state index contributed by atoms with van der Waals surface area (Å²) in [5.74, 6) is 0. The molecule has 2 amide bonds. The number of ether oxygens (including phenoxy) is 2. The molecule has 0 aromatic heterocycles. The van der Waals surface area contributed by atoms with Crippen molar-refractivity contribution in [3.05, 3.63) is 33.9 Å². The molecule has 0 unspecified atom stereocenters. The number of hydrogen-bond donors (Lipinski definition) is 0. The fourth-order valence-electron chi connectivity index (χ4n) is 2.26. The van der Waals surface area contributed by atoms with E-state index < -0.39 is 28.3 Å². The van der Waals surface area contributed by atoms with Gasteiger partial charge >= 0.3 is 12.2 Å². The SMILES string of the molecule is CN(C)c1ccc([N+](=O)[O-])cc1CN(C(=O)OC(C)(C)C)C(=O)OC(C)(C)C. The number of benzene rings is 1. The van der Waals surface area contributed by atoms with E-state index in [-0.39, 0.29) is 12.2 Å². The van der Waals surface area contributed by atoms with E-state index >= 15 is 0 Å². The number of anilines is 1. The third kappa shape index (κ3) is 7.05. The van der Waals surface area contributed by atoms with Crippen LogP contribution in [-0.4, -0.2) is 47.3 Å². The molecule has 1 aromatic rings. The highest BCUT2D eigenvalue weighted by Crippen LogP contribution is 2.27. The van der Waals surface area contributed by atoms with Crippen LogP contribution in [0.5, 0.6) is 0 Å². The summed E-state index contributed by atoms with van der Waals surface area (Å²) >= 11 is 0. The highest BCUT2D eigenvalue weighted by molar-refractivity contribution is 5.88. The minimum atomic E-state index is -0.891. The first-order chi connectivity index (χ1) is 12.6. The topological polar surface area (TPSA) is 102 Å². The monoisotopic (exact) mass is 395 g/mol. The zero-order valence-corrected chi connectivity index (χ0v) is 17.7. The average Bonchev–Trinajstić information content (AvgIpc) is 2.48. The molecule has 0 aliphatic heterocycles. The molecule has 0 saturated carbocycles. The lowest BCUT2D eigenvalue weighted by Gasteiger charge is -2.29. The van der Waals surface area contributed by atoms with Crippen LogP contribution in [0.2, 0.25) is 0 Å². The number of amides is 2. The van der Waals surface area contributed by atoms with Crippen LogP contribution in [0.25, 0.3) is 0 Å². The van der Waals surface area contributed by atoms with E-state index in [0.717, 1.165) is 4.90 Å². The average molecular weight is 395 g/mol. The van der Waals surface area contributed by atoms with Crippen molar-refractivity contribution in [2.45, 2.75) is 59.3 Å². The summed E-state index contributed by atoms with van der Waals surface area (Å²) in [4.78, 5) is 38.5. The molecule has 1 aromatic carbocycles. The summed E-state index contributed by atoms with van der Waals surface area (Å²) in [6, 6.07) is 4.26. The summed E-state index contributed by atoms with van der Waals surface area (Å²) in [5, 5.41) is 11.2. The molecule has 0 fully saturated rings. The molecule has 0 aliphatic rings. The first-order valence-corrected chi connectivity index (χ1v) is 8.79. The van der Waals surface area contributed by atoms with Gasteiger partial charge in [-0.25, -0.2) is 14.5 Å². The molecule has 156 valence electrons. The zero-order valence-electron chi connectivity index (χ0n) is 17.7. The van der Waals surface area contributed by atoms with Crippen molar-refractivity contribution in [2.75, 3.05) is 19.0 Å². The van der Waals surface area contributed by atoms with Gasteiger partial charge in [0.2, 0.25) is 0 Å². The van der Waals surface area contributed by atoms with Gasteiger partial charge in [-0.2, -0.15) is 0 Å². The van der Waals surface area contributed by atoms with Crippen LogP contribution in [0.3, 0.4) is 0 Å². The molecule has 0 spiro atoms. The lowest BCUT2D eigenvalue weighted by atomic mass is 10.1. The summed E-state index contributed by atoms with van der Waals surface area (Å²) < 4.78 is 10.6. The highest BCUT2D eigenvalue weighted by atomic mass is 16.6. The Bertz CT molecular complexity index is 719. The van der Waals surface area contributed by atoms with Crippen molar-refractivity contribution in [3.8, 4) is 0 Å². The number of imide groups is 1. The zero-order chi connectivity index (χ0) is 21.9. The Labute approximate surface area is 165 Å². The second kappa shape index (κ2) is 8.45. The van der Waals surface area contributed by atoms with Crippen LogP contribution >= 0.6 is 0 Å². The van der Waals surface area contributed by atoms with Crippen molar-refractivity contribution in [1.82, 2.24) is 4.90 Å². The van der Waals surface area contributed by atoms with Crippen molar-refractivity contribution in [2.24, 2.45) is 0 Å². The number of hydrogen-bond acceptors (Lipinski definition) is 7. The number of carbonyl (C=O) groups excluding carboxylic acids is 2. The van der Waals surface area contributed by atoms with Crippen molar-refractivity contribution < 1.29 is 24.0 Å². The lowest BCUT2D eigenvalue weighted by Crippen LogP contribution is -2.43. The molecular formula is C19H29N3O6. The van der Waals surface area contributed by atoms with E-state index in [2.05, 4.69) is 0 Å². The lowest BCUT2D eigenvalue weighted by molar-refractivity contribution is -0.384. The summed E-state index contributed by atoms with van der Waals surface area (Å²) in [5.41, 5.74) is -0.762. The Hall–Kier alpha value is -2.84. The van der Waals surface area contributed by atoms with Gasteiger partial charge in [-0.05, 0) is 47.6 Å². The van der Waals surface area contributed by atoms with E-state index in [0.29, 0.717) is 11.3 Å². The highest BCUT2D eigenvalue weighted by Gasteiger charge is 2.32. The normalized spacial score (nSPS) is 11.6. The molecular weight excluding hydrogens is 366 g/mol. The minimum Gasteiger partial charge on any atom is -0.443 e. The molecule has 9 nitrogen and oxygen atoms in total. The molecule has 0 heterocycles. The van der Waals surface area contributed by atoms with Crippen LogP contribution < -0.4 is 4.90 Å². The predicted octanol–water partition coefficient (Wildman–Crippen LogP) is 4.33.